The molecule has 0 radical (unpaired) electrons. The van der Waals surface area contributed by atoms with Crippen molar-refractivity contribution in [1.82, 2.24) is 4.90 Å². The smallest absolute Gasteiger partial charge is 0.337 e. The van der Waals surface area contributed by atoms with Gasteiger partial charge in [-0.05, 0) is 63.2 Å². The van der Waals surface area contributed by atoms with E-state index in [-0.39, 0.29) is 11.9 Å². The van der Waals surface area contributed by atoms with Crippen molar-refractivity contribution >= 4 is 17.6 Å². The Bertz CT molecular complexity index is 491. The van der Waals surface area contributed by atoms with Gasteiger partial charge in [0.2, 0.25) is 5.91 Å². The summed E-state index contributed by atoms with van der Waals surface area (Å²) in [5, 5.41) is 2.88. The zero-order valence-corrected chi connectivity index (χ0v) is 12.6. The molecule has 2 rings (SSSR count). The number of esters is 1. The topological polar surface area (TPSA) is 58.6 Å². The molecule has 0 saturated carbocycles. The Kier molecular flexibility index (Phi) is 5.33. The average Bonchev–Trinajstić information content (AvgIpc) is 2.49. The van der Waals surface area contributed by atoms with Crippen LogP contribution in [0.15, 0.2) is 24.3 Å². The molecule has 0 bridgehead atoms. The van der Waals surface area contributed by atoms with Gasteiger partial charge in [-0.1, -0.05) is 0 Å². The highest BCUT2D eigenvalue weighted by molar-refractivity contribution is 5.93. The Balaban J connectivity index is 1.83. The summed E-state index contributed by atoms with van der Waals surface area (Å²) in [5.74, 6) is 0.130. The van der Waals surface area contributed by atoms with Crippen molar-refractivity contribution in [2.75, 3.05) is 32.6 Å². The highest BCUT2D eigenvalue weighted by atomic mass is 16.5. The average molecular weight is 290 g/mol. The molecule has 0 aromatic heterocycles. The molecule has 1 fully saturated rings. The first-order chi connectivity index (χ1) is 10.1. The zero-order valence-electron chi connectivity index (χ0n) is 12.6. The minimum Gasteiger partial charge on any atom is -0.465 e. The minimum absolute atomic E-state index is 0.0374. The molecule has 1 aromatic rings. The fourth-order valence-corrected chi connectivity index (χ4v) is 2.55. The molecular formula is C16H22N2O3. The molecular weight excluding hydrogens is 268 g/mol. The summed E-state index contributed by atoms with van der Waals surface area (Å²) >= 11 is 0. The molecule has 0 unspecified atom stereocenters. The van der Waals surface area contributed by atoms with Crippen LogP contribution in [0.4, 0.5) is 5.69 Å². The second kappa shape index (κ2) is 7.22. The van der Waals surface area contributed by atoms with E-state index in [1.807, 2.05) is 0 Å². The number of carbonyl (C=O) groups excluding carboxylic acids is 2. The molecule has 1 aromatic carbocycles. The summed E-state index contributed by atoms with van der Waals surface area (Å²) in [6.07, 6.45) is 2.71. The molecule has 1 saturated heterocycles. The van der Waals surface area contributed by atoms with Gasteiger partial charge in [-0.25, -0.2) is 4.79 Å². The lowest BCUT2D eigenvalue weighted by Crippen LogP contribution is -2.31. The molecule has 1 aliphatic heterocycles. The molecule has 5 nitrogen and oxygen atoms in total. The summed E-state index contributed by atoms with van der Waals surface area (Å²) in [6.45, 7) is 2.12. The largest absolute Gasteiger partial charge is 0.465 e. The summed E-state index contributed by atoms with van der Waals surface area (Å²) in [4.78, 5) is 25.6. The number of hydrogen-bond donors (Lipinski definition) is 1. The number of methoxy groups -OCH3 is 1. The fraction of sp³-hybridized carbons (Fsp3) is 0.500. The van der Waals surface area contributed by atoms with E-state index in [2.05, 4.69) is 22.0 Å². The van der Waals surface area contributed by atoms with Gasteiger partial charge in [-0.2, -0.15) is 0 Å². The second-order valence-corrected chi connectivity index (χ2v) is 5.57. The van der Waals surface area contributed by atoms with Gasteiger partial charge in [0.25, 0.3) is 0 Å². The van der Waals surface area contributed by atoms with Gasteiger partial charge in [-0.3, -0.25) is 4.79 Å². The number of anilines is 1. The van der Waals surface area contributed by atoms with Crippen molar-refractivity contribution in [2.45, 2.75) is 19.3 Å². The summed E-state index contributed by atoms with van der Waals surface area (Å²) in [5.41, 5.74) is 1.19. The van der Waals surface area contributed by atoms with Gasteiger partial charge < -0.3 is 15.0 Å². The SMILES string of the molecule is COC(=O)c1ccc(NC(=O)CC2CCN(C)CC2)cc1. The van der Waals surface area contributed by atoms with Crippen molar-refractivity contribution in [1.29, 1.82) is 0 Å². The van der Waals surface area contributed by atoms with Gasteiger partial charge in [0.05, 0.1) is 12.7 Å². The number of amides is 1. The maximum absolute atomic E-state index is 12.0. The number of benzene rings is 1. The lowest BCUT2D eigenvalue weighted by molar-refractivity contribution is -0.117. The normalized spacial score (nSPS) is 16.5. The Morgan fingerprint density at radius 2 is 1.86 bits per heavy atom. The molecule has 114 valence electrons. The van der Waals surface area contributed by atoms with E-state index in [1.165, 1.54) is 7.11 Å². The lowest BCUT2D eigenvalue weighted by atomic mass is 9.93. The number of ether oxygens (including phenoxy) is 1. The van der Waals surface area contributed by atoms with Crippen LogP contribution in [0.3, 0.4) is 0 Å². The first kappa shape index (κ1) is 15.5. The third-order valence-electron chi connectivity index (χ3n) is 3.90. The number of hydrogen-bond acceptors (Lipinski definition) is 4. The minimum atomic E-state index is -0.376. The number of piperidine rings is 1. The van der Waals surface area contributed by atoms with Crippen LogP contribution >= 0.6 is 0 Å². The van der Waals surface area contributed by atoms with E-state index in [9.17, 15) is 9.59 Å². The predicted octanol–water partition coefficient (Wildman–Crippen LogP) is 2.14. The van der Waals surface area contributed by atoms with Crippen LogP contribution in [0.5, 0.6) is 0 Å². The van der Waals surface area contributed by atoms with E-state index in [0.29, 0.717) is 23.6 Å². The maximum atomic E-state index is 12.0. The molecule has 1 aliphatic rings. The fourth-order valence-electron chi connectivity index (χ4n) is 2.55. The van der Waals surface area contributed by atoms with E-state index >= 15 is 0 Å². The van der Waals surface area contributed by atoms with Crippen LogP contribution in [0, 0.1) is 5.92 Å². The summed E-state index contributed by atoms with van der Waals surface area (Å²) < 4.78 is 4.64. The highest BCUT2D eigenvalue weighted by Crippen LogP contribution is 2.20. The van der Waals surface area contributed by atoms with Gasteiger partial charge in [0.1, 0.15) is 0 Å². The van der Waals surface area contributed by atoms with Crippen LogP contribution in [-0.2, 0) is 9.53 Å². The Labute approximate surface area is 125 Å². The quantitative estimate of drug-likeness (QED) is 0.863. The summed E-state index contributed by atoms with van der Waals surface area (Å²) in [7, 11) is 3.46. The number of carbonyl (C=O) groups is 2. The van der Waals surface area contributed by atoms with Crippen LogP contribution in [0.2, 0.25) is 0 Å². The molecule has 1 amide bonds. The number of nitrogens with zero attached hydrogens (tertiary/aromatic N) is 1. The molecule has 0 spiro atoms. The Morgan fingerprint density at radius 1 is 1.24 bits per heavy atom. The number of nitrogens with one attached hydrogen (secondary N) is 1. The lowest BCUT2D eigenvalue weighted by Gasteiger charge is -2.28. The highest BCUT2D eigenvalue weighted by Gasteiger charge is 2.19. The first-order valence-corrected chi connectivity index (χ1v) is 7.25. The predicted molar refractivity (Wildman–Crippen MR) is 81.2 cm³/mol. The molecule has 1 heterocycles. The van der Waals surface area contributed by atoms with Gasteiger partial charge in [0, 0.05) is 12.1 Å². The molecule has 0 atom stereocenters. The van der Waals surface area contributed by atoms with Crippen molar-refractivity contribution < 1.29 is 14.3 Å². The molecule has 21 heavy (non-hydrogen) atoms. The maximum Gasteiger partial charge on any atom is 0.337 e. The third kappa shape index (κ3) is 4.56. The van der Waals surface area contributed by atoms with Crippen LogP contribution < -0.4 is 5.32 Å². The van der Waals surface area contributed by atoms with Gasteiger partial charge in [-0.15, -0.1) is 0 Å². The van der Waals surface area contributed by atoms with E-state index in [0.717, 1.165) is 25.9 Å². The monoisotopic (exact) mass is 290 g/mol. The van der Waals surface area contributed by atoms with Crippen LogP contribution in [-0.4, -0.2) is 44.0 Å². The standard InChI is InChI=1S/C16H22N2O3/c1-18-9-7-12(8-10-18)11-15(19)17-14-5-3-13(4-6-14)16(20)21-2/h3-6,12H,7-11H2,1-2H3,(H,17,19). The first-order valence-electron chi connectivity index (χ1n) is 7.25. The number of rotatable bonds is 4. The molecule has 0 aliphatic carbocycles. The van der Waals surface area contributed by atoms with Gasteiger partial charge >= 0.3 is 5.97 Å². The third-order valence-corrected chi connectivity index (χ3v) is 3.90. The molecule has 1 N–H and O–H groups in total. The Morgan fingerprint density at radius 3 is 2.43 bits per heavy atom. The van der Waals surface area contributed by atoms with Crippen LogP contribution in [0.25, 0.3) is 0 Å². The zero-order chi connectivity index (χ0) is 15.2. The van der Waals surface area contributed by atoms with Gasteiger partial charge in [0.15, 0.2) is 0 Å². The van der Waals surface area contributed by atoms with Crippen LogP contribution in [0.1, 0.15) is 29.6 Å². The van der Waals surface area contributed by atoms with E-state index in [4.69, 9.17) is 0 Å². The molecule has 5 heteroatoms. The Hall–Kier alpha value is -1.88. The van der Waals surface area contributed by atoms with Crippen molar-refractivity contribution in [3.05, 3.63) is 29.8 Å². The van der Waals surface area contributed by atoms with E-state index in [1.54, 1.807) is 24.3 Å². The van der Waals surface area contributed by atoms with Crippen molar-refractivity contribution in [3.63, 3.8) is 0 Å². The van der Waals surface area contributed by atoms with Crippen molar-refractivity contribution in [2.24, 2.45) is 5.92 Å². The summed E-state index contributed by atoms with van der Waals surface area (Å²) in [6, 6.07) is 6.74. The second-order valence-electron chi connectivity index (χ2n) is 5.57. The number of likely N-dealkylation sites (tertiary alicyclic amines) is 1. The van der Waals surface area contributed by atoms with Crippen molar-refractivity contribution in [3.8, 4) is 0 Å². The van der Waals surface area contributed by atoms with E-state index < -0.39 is 0 Å².